The molecule has 0 aliphatic carbocycles. The van der Waals surface area contributed by atoms with E-state index in [1.54, 1.807) is 24.3 Å². The number of nitrogens with one attached hydrogen (secondary N) is 1. The second-order valence-electron chi connectivity index (χ2n) is 5.29. The summed E-state index contributed by atoms with van der Waals surface area (Å²) in [6.07, 6.45) is 0.647. The van der Waals surface area contributed by atoms with Crippen LogP contribution in [0.25, 0.3) is 0 Å². The van der Waals surface area contributed by atoms with E-state index in [1.165, 1.54) is 13.2 Å². The second kappa shape index (κ2) is 7.49. The Bertz CT molecular complexity index is 648. The van der Waals surface area contributed by atoms with Gasteiger partial charge in [0.25, 0.3) is 5.91 Å². The number of carbonyl (C=O) groups excluding carboxylic acids is 2. The highest BCUT2D eigenvalue weighted by Crippen LogP contribution is 2.13. The van der Waals surface area contributed by atoms with Crippen molar-refractivity contribution in [3.05, 3.63) is 54.0 Å². The van der Waals surface area contributed by atoms with E-state index in [0.29, 0.717) is 11.3 Å². The van der Waals surface area contributed by atoms with Crippen molar-refractivity contribution in [2.45, 2.75) is 19.6 Å². The van der Waals surface area contributed by atoms with Crippen LogP contribution in [0.5, 0.6) is 0 Å². The van der Waals surface area contributed by atoms with Gasteiger partial charge >= 0.3 is 5.97 Å². The standard InChI is InChI=1S/C17H20N2O4/c1-12(16(20)18-11-15-5-4-10-22-15)23-17(21)13-6-8-14(9-7-13)19(2)3/h4-10,12H,11H2,1-3H3,(H,18,20)/t12-/m1/s1. The number of ether oxygens (including phenoxy) is 1. The van der Waals surface area contributed by atoms with Crippen molar-refractivity contribution in [2.24, 2.45) is 0 Å². The van der Waals surface area contributed by atoms with E-state index in [9.17, 15) is 9.59 Å². The van der Waals surface area contributed by atoms with Gasteiger partial charge in [-0.2, -0.15) is 0 Å². The zero-order chi connectivity index (χ0) is 16.8. The fourth-order valence-electron chi connectivity index (χ4n) is 1.91. The first-order valence-electron chi connectivity index (χ1n) is 7.26. The van der Waals surface area contributed by atoms with Gasteiger partial charge in [0.05, 0.1) is 18.4 Å². The summed E-state index contributed by atoms with van der Waals surface area (Å²) in [6.45, 7) is 1.79. The number of esters is 1. The lowest BCUT2D eigenvalue weighted by atomic mass is 10.2. The highest BCUT2D eigenvalue weighted by Gasteiger charge is 2.19. The molecule has 0 aliphatic rings. The number of benzene rings is 1. The molecule has 2 rings (SSSR count). The Hall–Kier alpha value is -2.76. The molecular formula is C17H20N2O4. The lowest BCUT2D eigenvalue weighted by molar-refractivity contribution is -0.129. The number of anilines is 1. The van der Waals surface area contributed by atoms with Crippen LogP contribution in [-0.4, -0.2) is 32.1 Å². The Morgan fingerprint density at radius 3 is 2.48 bits per heavy atom. The van der Waals surface area contributed by atoms with Crippen LogP contribution in [0.3, 0.4) is 0 Å². The first kappa shape index (κ1) is 16.6. The molecule has 23 heavy (non-hydrogen) atoms. The Balaban J connectivity index is 1.87. The van der Waals surface area contributed by atoms with Gasteiger partial charge in [-0.15, -0.1) is 0 Å². The molecule has 0 bridgehead atoms. The molecule has 0 saturated heterocycles. The number of rotatable bonds is 6. The van der Waals surface area contributed by atoms with E-state index in [-0.39, 0.29) is 12.5 Å². The van der Waals surface area contributed by atoms with Gasteiger partial charge < -0.3 is 19.4 Å². The first-order valence-corrected chi connectivity index (χ1v) is 7.26. The van der Waals surface area contributed by atoms with Crippen LogP contribution in [0.4, 0.5) is 5.69 Å². The summed E-state index contributed by atoms with van der Waals surface area (Å²) in [5.41, 5.74) is 1.38. The summed E-state index contributed by atoms with van der Waals surface area (Å²) in [5.74, 6) is -0.272. The van der Waals surface area contributed by atoms with Crippen LogP contribution in [0.1, 0.15) is 23.0 Å². The van der Waals surface area contributed by atoms with Gasteiger partial charge in [0.1, 0.15) is 5.76 Å². The smallest absolute Gasteiger partial charge is 0.338 e. The van der Waals surface area contributed by atoms with Crippen molar-refractivity contribution >= 4 is 17.6 Å². The number of hydrogen-bond acceptors (Lipinski definition) is 5. The SMILES string of the molecule is C[C@@H](OC(=O)c1ccc(N(C)C)cc1)C(=O)NCc1ccco1. The third kappa shape index (κ3) is 4.60. The molecule has 1 N–H and O–H groups in total. The quantitative estimate of drug-likeness (QED) is 0.827. The summed E-state index contributed by atoms with van der Waals surface area (Å²) in [5, 5.41) is 2.65. The van der Waals surface area contributed by atoms with Crippen LogP contribution < -0.4 is 10.2 Å². The van der Waals surface area contributed by atoms with Gasteiger partial charge in [-0.05, 0) is 43.3 Å². The number of hydrogen-bond donors (Lipinski definition) is 1. The van der Waals surface area contributed by atoms with Gasteiger partial charge in [0, 0.05) is 19.8 Å². The van der Waals surface area contributed by atoms with Crippen molar-refractivity contribution in [1.29, 1.82) is 0 Å². The Morgan fingerprint density at radius 2 is 1.91 bits per heavy atom. The average molecular weight is 316 g/mol. The van der Waals surface area contributed by atoms with Gasteiger partial charge in [-0.1, -0.05) is 0 Å². The molecule has 0 fully saturated rings. The molecule has 6 heteroatoms. The van der Waals surface area contributed by atoms with Crippen LogP contribution in [0.15, 0.2) is 47.1 Å². The molecular weight excluding hydrogens is 296 g/mol. The summed E-state index contributed by atoms with van der Waals surface area (Å²) >= 11 is 0. The topological polar surface area (TPSA) is 71.8 Å². The molecule has 0 aliphatic heterocycles. The highest BCUT2D eigenvalue weighted by molar-refractivity contribution is 5.92. The molecule has 1 heterocycles. The van der Waals surface area contributed by atoms with Crippen molar-refractivity contribution in [3.8, 4) is 0 Å². The van der Waals surface area contributed by atoms with Crippen molar-refractivity contribution in [1.82, 2.24) is 5.32 Å². The normalized spacial score (nSPS) is 11.6. The molecule has 0 radical (unpaired) electrons. The number of nitrogens with zero attached hydrogens (tertiary/aromatic N) is 1. The van der Waals surface area contributed by atoms with Crippen LogP contribution >= 0.6 is 0 Å². The summed E-state index contributed by atoms with van der Waals surface area (Å²) in [7, 11) is 3.83. The Kier molecular flexibility index (Phi) is 5.41. The van der Waals surface area contributed by atoms with Crippen molar-refractivity contribution in [2.75, 3.05) is 19.0 Å². The van der Waals surface area contributed by atoms with E-state index < -0.39 is 12.1 Å². The maximum Gasteiger partial charge on any atom is 0.338 e. The molecule has 1 atom stereocenters. The fraction of sp³-hybridized carbons (Fsp3) is 0.294. The largest absolute Gasteiger partial charge is 0.467 e. The summed E-state index contributed by atoms with van der Waals surface area (Å²) in [4.78, 5) is 25.9. The molecule has 0 saturated carbocycles. The lowest BCUT2D eigenvalue weighted by Gasteiger charge is -2.14. The van der Waals surface area contributed by atoms with E-state index in [2.05, 4.69) is 5.32 Å². The predicted molar refractivity (Wildman–Crippen MR) is 86.2 cm³/mol. The maximum atomic E-state index is 12.0. The van der Waals surface area contributed by atoms with E-state index >= 15 is 0 Å². The molecule has 1 amide bonds. The predicted octanol–water partition coefficient (Wildman–Crippen LogP) is 2.21. The van der Waals surface area contributed by atoms with Crippen molar-refractivity contribution < 1.29 is 18.7 Å². The van der Waals surface area contributed by atoms with Gasteiger partial charge in [-0.3, -0.25) is 4.79 Å². The van der Waals surface area contributed by atoms with Crippen LogP contribution in [0.2, 0.25) is 0 Å². The van der Waals surface area contributed by atoms with Gasteiger partial charge in [0.2, 0.25) is 0 Å². The molecule has 2 aromatic rings. The Labute approximate surface area is 135 Å². The zero-order valence-corrected chi connectivity index (χ0v) is 13.4. The monoisotopic (exact) mass is 316 g/mol. The molecule has 6 nitrogen and oxygen atoms in total. The summed E-state index contributed by atoms with van der Waals surface area (Å²) in [6, 6.07) is 10.5. The number of amides is 1. The first-order chi connectivity index (χ1) is 11.0. The van der Waals surface area contributed by atoms with E-state index in [1.807, 2.05) is 31.1 Å². The maximum absolute atomic E-state index is 12.0. The van der Waals surface area contributed by atoms with Crippen LogP contribution in [0, 0.1) is 0 Å². The summed E-state index contributed by atoms with van der Waals surface area (Å²) < 4.78 is 10.3. The van der Waals surface area contributed by atoms with Gasteiger partial charge in [0.15, 0.2) is 6.10 Å². The minimum atomic E-state index is -0.883. The minimum Gasteiger partial charge on any atom is -0.467 e. The highest BCUT2D eigenvalue weighted by atomic mass is 16.5. The third-order valence-electron chi connectivity index (χ3n) is 3.29. The molecule has 1 aromatic heterocycles. The molecule has 0 spiro atoms. The third-order valence-corrected chi connectivity index (χ3v) is 3.29. The lowest BCUT2D eigenvalue weighted by Crippen LogP contribution is -2.35. The average Bonchev–Trinajstić information content (AvgIpc) is 3.05. The number of furan rings is 1. The fourth-order valence-corrected chi connectivity index (χ4v) is 1.91. The zero-order valence-electron chi connectivity index (χ0n) is 13.4. The minimum absolute atomic E-state index is 0.255. The molecule has 122 valence electrons. The van der Waals surface area contributed by atoms with E-state index in [4.69, 9.17) is 9.15 Å². The Morgan fingerprint density at radius 1 is 1.22 bits per heavy atom. The van der Waals surface area contributed by atoms with Crippen LogP contribution in [-0.2, 0) is 16.1 Å². The van der Waals surface area contributed by atoms with E-state index in [0.717, 1.165) is 5.69 Å². The molecule has 1 aromatic carbocycles. The van der Waals surface area contributed by atoms with Gasteiger partial charge in [-0.25, -0.2) is 4.79 Å². The van der Waals surface area contributed by atoms with Crippen molar-refractivity contribution in [3.63, 3.8) is 0 Å². The second-order valence-corrected chi connectivity index (χ2v) is 5.29. The molecule has 0 unspecified atom stereocenters. The number of carbonyl (C=O) groups is 2.